The van der Waals surface area contributed by atoms with Crippen LogP contribution < -0.4 is 4.74 Å². The summed E-state index contributed by atoms with van der Waals surface area (Å²) >= 11 is 0. The molecule has 5 nitrogen and oxygen atoms in total. The summed E-state index contributed by atoms with van der Waals surface area (Å²) in [5.41, 5.74) is 4.77. The Hall–Kier alpha value is -5.16. The van der Waals surface area contributed by atoms with Crippen molar-refractivity contribution in [3.05, 3.63) is 157 Å². The molecule has 0 aliphatic heterocycles. The van der Waals surface area contributed by atoms with Gasteiger partial charge in [-0.15, -0.1) is 0 Å². The number of carbonyl (C=O) groups is 1. The molecular formula is C34H25N3O2. The van der Waals surface area contributed by atoms with Gasteiger partial charge in [-0.05, 0) is 60.0 Å². The van der Waals surface area contributed by atoms with Gasteiger partial charge in [-0.1, -0.05) is 85.0 Å². The number of benzene rings is 3. The van der Waals surface area contributed by atoms with Crippen LogP contribution in [0.25, 0.3) is 16.6 Å². The molecular weight excluding hydrogens is 482 g/mol. The summed E-state index contributed by atoms with van der Waals surface area (Å²) in [4.78, 5) is 26.5. The van der Waals surface area contributed by atoms with E-state index in [-0.39, 0.29) is 5.78 Å². The summed E-state index contributed by atoms with van der Waals surface area (Å²) < 4.78 is 6.02. The average molecular weight is 508 g/mol. The number of rotatable bonds is 7. The summed E-state index contributed by atoms with van der Waals surface area (Å²) in [6, 6.07) is 30.8. The van der Waals surface area contributed by atoms with Crippen molar-refractivity contribution in [3.63, 3.8) is 0 Å². The van der Waals surface area contributed by atoms with Crippen LogP contribution in [0.15, 0.2) is 140 Å². The molecule has 0 saturated heterocycles. The number of ketones is 1. The van der Waals surface area contributed by atoms with E-state index in [1.54, 1.807) is 18.5 Å². The highest BCUT2D eigenvalue weighted by molar-refractivity contribution is 6.04. The van der Waals surface area contributed by atoms with Crippen LogP contribution >= 0.6 is 0 Å². The number of hydrogen-bond donors (Lipinski definition) is 0. The normalized spacial score (nSPS) is 16.8. The number of allylic oxidation sites excluding steroid dienone is 6. The molecule has 5 aromatic rings. The van der Waals surface area contributed by atoms with Gasteiger partial charge in [-0.2, -0.15) is 0 Å². The van der Waals surface area contributed by atoms with E-state index in [0.29, 0.717) is 23.6 Å². The van der Waals surface area contributed by atoms with Crippen LogP contribution in [-0.2, 0) is 5.41 Å². The van der Waals surface area contributed by atoms with Crippen molar-refractivity contribution in [2.45, 2.75) is 11.8 Å². The highest BCUT2D eigenvalue weighted by atomic mass is 16.5. The molecule has 3 aromatic carbocycles. The summed E-state index contributed by atoms with van der Waals surface area (Å²) in [5, 5.41) is 0. The third-order valence-corrected chi connectivity index (χ3v) is 6.80. The lowest BCUT2D eigenvalue weighted by molar-refractivity contribution is 0.104. The van der Waals surface area contributed by atoms with E-state index in [1.807, 2.05) is 109 Å². The van der Waals surface area contributed by atoms with Gasteiger partial charge in [0, 0.05) is 17.2 Å². The van der Waals surface area contributed by atoms with Crippen molar-refractivity contribution in [1.82, 2.24) is 15.0 Å². The predicted octanol–water partition coefficient (Wildman–Crippen LogP) is 7.54. The number of fused-ring (bicyclic) bond motifs is 1. The predicted molar refractivity (Wildman–Crippen MR) is 154 cm³/mol. The summed E-state index contributed by atoms with van der Waals surface area (Å²) in [7, 11) is 0. The molecule has 1 unspecified atom stereocenters. The van der Waals surface area contributed by atoms with Gasteiger partial charge in [0.2, 0.25) is 5.88 Å². The van der Waals surface area contributed by atoms with Gasteiger partial charge in [-0.3, -0.25) is 9.78 Å². The van der Waals surface area contributed by atoms with Crippen LogP contribution in [0.1, 0.15) is 28.0 Å². The first kappa shape index (κ1) is 24.2. The molecule has 1 aliphatic rings. The largest absolute Gasteiger partial charge is 0.437 e. The monoisotopic (exact) mass is 507 g/mol. The molecule has 188 valence electrons. The van der Waals surface area contributed by atoms with Gasteiger partial charge >= 0.3 is 0 Å². The van der Waals surface area contributed by atoms with Crippen LogP contribution in [0.4, 0.5) is 0 Å². The molecule has 0 radical (unpaired) electrons. The van der Waals surface area contributed by atoms with Gasteiger partial charge < -0.3 is 4.74 Å². The Morgan fingerprint density at radius 3 is 2.38 bits per heavy atom. The molecule has 0 saturated carbocycles. The van der Waals surface area contributed by atoms with E-state index >= 15 is 0 Å². The second-order valence-corrected chi connectivity index (χ2v) is 9.37. The van der Waals surface area contributed by atoms with E-state index in [2.05, 4.69) is 27.1 Å². The molecule has 0 amide bonds. The molecule has 1 aliphatic carbocycles. The molecule has 39 heavy (non-hydrogen) atoms. The first-order valence-corrected chi connectivity index (χ1v) is 12.8. The van der Waals surface area contributed by atoms with Crippen LogP contribution in [0.5, 0.6) is 11.6 Å². The minimum atomic E-state index is -0.534. The van der Waals surface area contributed by atoms with E-state index in [1.165, 1.54) is 0 Å². The van der Waals surface area contributed by atoms with Crippen molar-refractivity contribution in [1.29, 1.82) is 0 Å². The number of carbonyl (C=O) groups excluding carboxylic acids is 1. The fourth-order valence-electron chi connectivity index (χ4n) is 4.77. The Morgan fingerprint density at radius 1 is 0.821 bits per heavy atom. The van der Waals surface area contributed by atoms with E-state index < -0.39 is 5.41 Å². The Labute approximate surface area is 226 Å². The lowest BCUT2D eigenvalue weighted by atomic mass is 9.72. The standard InChI is InChI=1S/C34H25N3O2/c38-32(25-9-2-1-3-10-25)19-21-34(20-8-11-26(23-34)29-12-6-7-22-35-29)27-15-17-28(18-16-27)39-33-24-36-30-13-4-5-14-31(30)37-33/h1-22,24H,23H2/b21-19+. The molecule has 0 N–H and O–H groups in total. The molecule has 0 fully saturated rings. The number of hydrogen-bond acceptors (Lipinski definition) is 5. The summed E-state index contributed by atoms with van der Waals surface area (Å²) in [6.07, 6.45) is 14.0. The second kappa shape index (κ2) is 10.7. The minimum absolute atomic E-state index is 0.0350. The highest BCUT2D eigenvalue weighted by Gasteiger charge is 2.31. The maximum Gasteiger partial charge on any atom is 0.238 e. The number of ether oxygens (including phenoxy) is 1. The zero-order valence-corrected chi connectivity index (χ0v) is 21.1. The first-order chi connectivity index (χ1) is 19.2. The van der Waals surface area contributed by atoms with Gasteiger partial charge in [-0.25, -0.2) is 9.97 Å². The third kappa shape index (κ3) is 5.29. The Balaban J connectivity index is 1.31. The van der Waals surface area contributed by atoms with Crippen LogP contribution in [0.2, 0.25) is 0 Å². The SMILES string of the molecule is O=C(/C=C/C1(c2ccc(Oc3cnc4ccccc4n3)cc2)C=CC=C(c2ccccn2)C1)c1ccccc1. The number of para-hydroxylation sites is 2. The number of aromatic nitrogens is 3. The molecule has 2 aromatic heterocycles. The zero-order valence-electron chi connectivity index (χ0n) is 21.1. The number of nitrogens with zero attached hydrogens (tertiary/aromatic N) is 3. The lowest BCUT2D eigenvalue weighted by Crippen LogP contribution is -2.24. The third-order valence-electron chi connectivity index (χ3n) is 6.80. The highest BCUT2D eigenvalue weighted by Crippen LogP contribution is 2.41. The van der Waals surface area contributed by atoms with Crippen LogP contribution in [-0.4, -0.2) is 20.7 Å². The van der Waals surface area contributed by atoms with Crippen molar-refractivity contribution in [2.75, 3.05) is 0 Å². The summed E-state index contributed by atoms with van der Waals surface area (Å²) in [5.74, 6) is 1.05. The van der Waals surface area contributed by atoms with Crippen molar-refractivity contribution in [3.8, 4) is 11.6 Å². The van der Waals surface area contributed by atoms with Crippen LogP contribution in [0.3, 0.4) is 0 Å². The molecule has 0 bridgehead atoms. The van der Waals surface area contributed by atoms with E-state index in [0.717, 1.165) is 27.9 Å². The number of pyridine rings is 1. The van der Waals surface area contributed by atoms with Gasteiger partial charge in [0.15, 0.2) is 5.78 Å². The molecule has 5 heteroatoms. The first-order valence-electron chi connectivity index (χ1n) is 12.8. The smallest absolute Gasteiger partial charge is 0.238 e. The molecule has 1 atom stereocenters. The van der Waals surface area contributed by atoms with Crippen molar-refractivity contribution < 1.29 is 9.53 Å². The topological polar surface area (TPSA) is 65.0 Å². The van der Waals surface area contributed by atoms with Crippen LogP contribution in [0, 0.1) is 0 Å². The second-order valence-electron chi connectivity index (χ2n) is 9.37. The fourth-order valence-corrected chi connectivity index (χ4v) is 4.77. The maximum atomic E-state index is 13.0. The summed E-state index contributed by atoms with van der Waals surface area (Å²) in [6.45, 7) is 0. The fraction of sp³-hybridized carbons (Fsp3) is 0.0588. The van der Waals surface area contributed by atoms with Gasteiger partial charge in [0.25, 0.3) is 0 Å². The Kier molecular flexibility index (Phi) is 6.62. The molecule has 2 heterocycles. The van der Waals surface area contributed by atoms with E-state index in [4.69, 9.17) is 4.74 Å². The van der Waals surface area contributed by atoms with E-state index in [9.17, 15) is 4.79 Å². The minimum Gasteiger partial charge on any atom is -0.437 e. The van der Waals surface area contributed by atoms with Crippen molar-refractivity contribution >= 4 is 22.4 Å². The zero-order chi connectivity index (χ0) is 26.5. The average Bonchev–Trinajstić information content (AvgIpc) is 3.01. The Bertz CT molecular complexity index is 1710. The maximum absolute atomic E-state index is 13.0. The van der Waals surface area contributed by atoms with Gasteiger partial charge in [0.1, 0.15) is 5.75 Å². The van der Waals surface area contributed by atoms with Crippen molar-refractivity contribution in [2.24, 2.45) is 0 Å². The molecule has 0 spiro atoms. The Morgan fingerprint density at radius 2 is 1.59 bits per heavy atom. The molecule has 6 rings (SSSR count). The lowest BCUT2D eigenvalue weighted by Gasteiger charge is -2.31. The quantitative estimate of drug-likeness (QED) is 0.168. The van der Waals surface area contributed by atoms with Gasteiger partial charge in [0.05, 0.1) is 22.9 Å².